The van der Waals surface area contributed by atoms with Crippen molar-refractivity contribution in [3.63, 3.8) is 0 Å². The van der Waals surface area contributed by atoms with Gasteiger partial charge in [0.1, 0.15) is 36.2 Å². The average Bonchev–Trinajstić information content (AvgIpc) is 3.35. The summed E-state index contributed by atoms with van der Waals surface area (Å²) < 4.78 is 44.7. The van der Waals surface area contributed by atoms with Crippen LogP contribution in [0.5, 0.6) is 5.75 Å². The van der Waals surface area contributed by atoms with Crippen LogP contribution in [0.25, 0.3) is 0 Å². The van der Waals surface area contributed by atoms with Gasteiger partial charge in [-0.1, -0.05) is 78.9 Å². The molecule has 2 aliphatic rings. The highest BCUT2D eigenvalue weighted by Gasteiger charge is 2.62. The predicted octanol–water partition coefficient (Wildman–Crippen LogP) is 3.23. The number of rotatable bonds is 12. The Labute approximate surface area is 263 Å². The first-order valence-corrected chi connectivity index (χ1v) is 16.1. The molecule has 2 aliphatic heterocycles. The number of carbonyl (C=O) groups is 1. The number of nitrogens with one attached hydrogen (secondary N) is 2. The molecule has 3 aromatic carbocycles. The van der Waals surface area contributed by atoms with E-state index in [0.29, 0.717) is 18.6 Å². The number of hydrogen-bond donors (Lipinski definition) is 3. The van der Waals surface area contributed by atoms with Crippen LogP contribution in [0.2, 0.25) is 0 Å². The fraction of sp³-hybridized carbons (Fsp3) is 0.281. The van der Waals surface area contributed by atoms with Crippen molar-refractivity contribution in [1.82, 2.24) is 14.6 Å². The Balaban J connectivity index is 1.26. The smallest absolute Gasteiger partial charge is 0.459 e. The van der Waals surface area contributed by atoms with Gasteiger partial charge in [0.05, 0.1) is 13.2 Å². The van der Waals surface area contributed by atoms with Crippen molar-refractivity contribution in [3.8, 4) is 5.75 Å². The monoisotopic (exact) mass is 649 g/mol. The molecule has 4 aromatic rings. The highest BCUT2D eigenvalue weighted by molar-refractivity contribution is 7.52. The normalized spacial score (nSPS) is 24.1. The lowest BCUT2D eigenvalue weighted by molar-refractivity contribution is -0.227. The van der Waals surface area contributed by atoms with Gasteiger partial charge in [0.2, 0.25) is 0 Å². The molecule has 3 N–H and O–H groups in total. The Hall–Kier alpha value is -4.36. The van der Waals surface area contributed by atoms with Crippen molar-refractivity contribution < 1.29 is 37.7 Å². The fourth-order valence-corrected chi connectivity index (χ4v) is 6.88. The second-order valence-corrected chi connectivity index (χ2v) is 12.5. The van der Waals surface area contributed by atoms with Crippen LogP contribution < -0.4 is 20.9 Å². The number of aromatic nitrogens is 2. The number of ether oxygens (including phenoxy) is 3. The zero-order valence-corrected chi connectivity index (χ0v) is 25.4. The van der Waals surface area contributed by atoms with Gasteiger partial charge in [-0.05, 0) is 23.3 Å². The van der Waals surface area contributed by atoms with Crippen LogP contribution in [-0.4, -0.2) is 51.6 Å². The molecule has 0 saturated carbocycles. The van der Waals surface area contributed by atoms with Crippen LogP contribution in [-0.2, 0) is 34.7 Å². The summed E-state index contributed by atoms with van der Waals surface area (Å²) in [6.45, 7) is -0.201. The number of aromatic amines is 1. The molecular formula is C32H32N3O10P. The molecule has 0 bridgehead atoms. The van der Waals surface area contributed by atoms with Crippen LogP contribution in [0.3, 0.4) is 0 Å². The van der Waals surface area contributed by atoms with E-state index in [-0.39, 0.29) is 12.4 Å². The number of nitrogens with zero attached hydrogens (tertiary/aromatic N) is 1. The van der Waals surface area contributed by atoms with E-state index in [4.69, 9.17) is 23.3 Å². The van der Waals surface area contributed by atoms with Crippen molar-refractivity contribution in [1.29, 1.82) is 0 Å². The van der Waals surface area contributed by atoms with Gasteiger partial charge in [-0.3, -0.25) is 18.9 Å². The van der Waals surface area contributed by atoms with E-state index in [1.54, 1.807) is 60.7 Å². The van der Waals surface area contributed by atoms with E-state index in [0.717, 1.165) is 16.2 Å². The first-order chi connectivity index (χ1) is 22.3. The third-order valence-electron chi connectivity index (χ3n) is 7.80. The van der Waals surface area contributed by atoms with Crippen LogP contribution in [0.4, 0.5) is 0 Å². The second kappa shape index (κ2) is 13.6. The standard InChI is InChI=1S/C32H32N3O10P/c36-26-16-18-35(31(39)33-26)30-32(17-19-42-32)28(37)25(44-30)21-43-46(40,45-24-14-8-3-9-15-24)34-27(23-12-6-2-7-13-23)29(38)41-20-22-10-4-1-5-11-22/h1-16,18,25,27-28,30,37H,17,19-21H2,(H,34,40)(H,33,36,39)/t25-,27?,28-,30-,32-,46?/m1/s1. The highest BCUT2D eigenvalue weighted by Crippen LogP contribution is 2.51. The van der Waals surface area contributed by atoms with Gasteiger partial charge in [-0.25, -0.2) is 14.2 Å². The number of aliphatic hydroxyl groups excluding tert-OH is 1. The summed E-state index contributed by atoms with van der Waals surface area (Å²) in [6, 6.07) is 25.8. The van der Waals surface area contributed by atoms with Crippen molar-refractivity contribution in [2.75, 3.05) is 13.2 Å². The minimum atomic E-state index is -4.43. The van der Waals surface area contributed by atoms with Gasteiger partial charge in [0, 0.05) is 18.7 Å². The predicted molar refractivity (Wildman–Crippen MR) is 164 cm³/mol. The third-order valence-corrected chi connectivity index (χ3v) is 9.31. The number of carbonyl (C=O) groups excluding carboxylic acids is 1. The first-order valence-electron chi connectivity index (χ1n) is 14.6. The molecule has 14 heteroatoms. The summed E-state index contributed by atoms with van der Waals surface area (Å²) >= 11 is 0. The average molecular weight is 650 g/mol. The summed E-state index contributed by atoms with van der Waals surface area (Å²) in [7, 11) is -4.43. The number of para-hydroxylation sites is 1. The number of aliphatic hydroxyl groups is 1. The zero-order chi connectivity index (χ0) is 32.1. The summed E-state index contributed by atoms with van der Waals surface area (Å²) in [4.78, 5) is 39.9. The minimum Gasteiger partial charge on any atom is -0.459 e. The van der Waals surface area contributed by atoms with E-state index in [2.05, 4.69) is 10.1 Å². The van der Waals surface area contributed by atoms with Crippen molar-refractivity contribution in [2.45, 2.75) is 43.1 Å². The minimum absolute atomic E-state index is 0.0227. The number of hydrogen-bond acceptors (Lipinski definition) is 10. The van der Waals surface area contributed by atoms with Gasteiger partial charge in [0.25, 0.3) is 5.56 Å². The maximum atomic E-state index is 14.5. The molecule has 0 amide bonds. The van der Waals surface area contributed by atoms with Gasteiger partial charge >= 0.3 is 19.4 Å². The fourth-order valence-electron chi connectivity index (χ4n) is 5.39. The molecule has 2 saturated heterocycles. The molecule has 1 spiro atoms. The number of esters is 1. The van der Waals surface area contributed by atoms with Gasteiger partial charge < -0.3 is 23.8 Å². The van der Waals surface area contributed by atoms with E-state index in [1.807, 2.05) is 30.3 Å². The Morgan fingerprint density at radius 1 is 1.02 bits per heavy atom. The SMILES string of the molecule is O=C(OCc1ccccc1)C(NP(=O)(OC[C@H]1O[C@@H](n2ccc(=O)[nH]c2=O)[C@@]2(CCO2)[C@@H]1O)Oc1ccccc1)c1ccccc1. The molecule has 46 heavy (non-hydrogen) atoms. The largest absolute Gasteiger partial charge is 0.459 e. The summed E-state index contributed by atoms with van der Waals surface area (Å²) in [5.74, 6) is -0.542. The Kier molecular flexibility index (Phi) is 9.32. The van der Waals surface area contributed by atoms with Crippen molar-refractivity contribution in [2.24, 2.45) is 0 Å². The first kappa shape index (κ1) is 31.6. The Bertz CT molecular complexity index is 1800. The Morgan fingerprint density at radius 3 is 2.30 bits per heavy atom. The molecule has 1 aromatic heterocycles. The van der Waals surface area contributed by atoms with Gasteiger partial charge in [-0.15, -0.1) is 0 Å². The summed E-state index contributed by atoms with van der Waals surface area (Å²) in [6.07, 6.45) is -1.96. The molecule has 3 heterocycles. The summed E-state index contributed by atoms with van der Waals surface area (Å²) in [5.41, 5.74) is -1.44. The van der Waals surface area contributed by atoms with Crippen LogP contribution in [0.15, 0.2) is 113 Å². The van der Waals surface area contributed by atoms with Crippen molar-refractivity contribution in [3.05, 3.63) is 135 Å². The summed E-state index contributed by atoms with van der Waals surface area (Å²) in [5, 5.41) is 14.1. The van der Waals surface area contributed by atoms with E-state index < -0.39 is 61.7 Å². The van der Waals surface area contributed by atoms with Crippen LogP contribution in [0, 0.1) is 0 Å². The van der Waals surface area contributed by atoms with E-state index in [1.165, 1.54) is 6.20 Å². The molecule has 2 fully saturated rings. The lowest BCUT2D eigenvalue weighted by atomic mass is 9.86. The number of H-pyrrole nitrogens is 1. The van der Waals surface area contributed by atoms with Crippen molar-refractivity contribution >= 4 is 13.7 Å². The van der Waals surface area contributed by atoms with E-state index >= 15 is 0 Å². The molecular weight excluding hydrogens is 617 g/mol. The van der Waals surface area contributed by atoms with Crippen LogP contribution in [0.1, 0.15) is 29.8 Å². The highest BCUT2D eigenvalue weighted by atomic mass is 31.2. The van der Waals surface area contributed by atoms with Crippen LogP contribution >= 0.6 is 7.75 Å². The van der Waals surface area contributed by atoms with Gasteiger partial charge in [0.15, 0.2) is 6.23 Å². The topological polar surface area (TPSA) is 167 Å². The maximum Gasteiger partial charge on any atom is 0.459 e. The molecule has 2 unspecified atom stereocenters. The Morgan fingerprint density at radius 2 is 1.67 bits per heavy atom. The molecule has 0 radical (unpaired) electrons. The second-order valence-electron chi connectivity index (χ2n) is 10.8. The maximum absolute atomic E-state index is 14.5. The molecule has 6 rings (SSSR count). The molecule has 6 atom stereocenters. The lowest BCUT2D eigenvalue weighted by Gasteiger charge is -2.44. The third kappa shape index (κ3) is 6.75. The number of benzene rings is 3. The molecule has 13 nitrogen and oxygen atoms in total. The lowest BCUT2D eigenvalue weighted by Crippen LogP contribution is -2.57. The molecule has 240 valence electrons. The zero-order valence-electron chi connectivity index (χ0n) is 24.5. The quantitative estimate of drug-likeness (QED) is 0.152. The molecule has 0 aliphatic carbocycles. The van der Waals surface area contributed by atoms with Gasteiger partial charge in [-0.2, -0.15) is 5.09 Å². The van der Waals surface area contributed by atoms with E-state index in [9.17, 15) is 24.1 Å².